The van der Waals surface area contributed by atoms with E-state index >= 15 is 0 Å². The number of aliphatic hydroxyl groups is 1. The third-order valence-electron chi connectivity index (χ3n) is 2.85. The highest BCUT2D eigenvalue weighted by molar-refractivity contribution is 5.77. The lowest BCUT2D eigenvalue weighted by Crippen LogP contribution is -2.36. The van der Waals surface area contributed by atoms with Crippen LogP contribution in [0.3, 0.4) is 0 Å². The highest BCUT2D eigenvalue weighted by atomic mass is 16.5. The van der Waals surface area contributed by atoms with Gasteiger partial charge in [-0.2, -0.15) is 0 Å². The van der Waals surface area contributed by atoms with Crippen LogP contribution in [0.1, 0.15) is 25.8 Å². The van der Waals surface area contributed by atoms with E-state index in [4.69, 9.17) is 4.74 Å². The molecule has 1 aromatic rings. The predicted octanol–water partition coefficient (Wildman–Crippen LogP) is 1.89. The molecule has 4 heteroatoms. The van der Waals surface area contributed by atoms with Crippen molar-refractivity contribution in [1.29, 1.82) is 0 Å². The molecule has 0 aliphatic carbocycles. The molecule has 0 fully saturated rings. The first-order valence-electron chi connectivity index (χ1n) is 6.08. The Balaban J connectivity index is 2.82. The van der Waals surface area contributed by atoms with Gasteiger partial charge in [0, 0.05) is 0 Å². The van der Waals surface area contributed by atoms with Crippen molar-refractivity contribution in [2.24, 2.45) is 5.41 Å². The Bertz CT molecular complexity index is 403. The Morgan fingerprint density at radius 2 is 2.06 bits per heavy atom. The molecule has 1 atom stereocenters. The molecule has 0 spiro atoms. The zero-order chi connectivity index (χ0) is 13.6. The zero-order valence-corrected chi connectivity index (χ0v) is 10.8. The first-order valence-corrected chi connectivity index (χ1v) is 6.08. The molecule has 0 aliphatic heterocycles. The van der Waals surface area contributed by atoms with Gasteiger partial charge in [0.05, 0.1) is 18.6 Å². The summed E-state index contributed by atoms with van der Waals surface area (Å²) >= 11 is 0. The number of aliphatic hydroxyl groups excluding tert-OH is 1. The lowest BCUT2D eigenvalue weighted by atomic mass is 9.84. The Morgan fingerprint density at radius 1 is 1.39 bits per heavy atom. The largest absolute Gasteiger partial charge is 0.508 e. The average Bonchev–Trinajstić information content (AvgIpc) is 2.38. The molecule has 0 aromatic heterocycles. The molecule has 0 radical (unpaired) electrons. The van der Waals surface area contributed by atoms with Crippen molar-refractivity contribution < 1.29 is 19.7 Å². The molecule has 0 saturated carbocycles. The number of phenols is 1. The molecule has 0 heterocycles. The summed E-state index contributed by atoms with van der Waals surface area (Å²) in [5, 5.41) is 19.1. The summed E-state index contributed by atoms with van der Waals surface area (Å²) in [6.07, 6.45) is 0.989. The maximum atomic E-state index is 11.9. The molecule has 0 amide bonds. The maximum Gasteiger partial charge on any atom is 0.314 e. The van der Waals surface area contributed by atoms with Crippen LogP contribution < -0.4 is 0 Å². The first-order chi connectivity index (χ1) is 8.53. The summed E-state index contributed by atoms with van der Waals surface area (Å²) in [5.41, 5.74) is -0.393. The van der Waals surface area contributed by atoms with Crippen molar-refractivity contribution >= 4 is 5.97 Å². The smallest absolute Gasteiger partial charge is 0.314 e. The number of para-hydroxylation sites is 1. The summed E-state index contributed by atoms with van der Waals surface area (Å²) < 4.78 is 5.08. The molecule has 18 heavy (non-hydrogen) atoms. The number of carbonyl (C=O) groups excluding carboxylic acids is 1. The Morgan fingerprint density at radius 3 is 2.61 bits per heavy atom. The van der Waals surface area contributed by atoms with Crippen molar-refractivity contribution in [3.63, 3.8) is 0 Å². The highest BCUT2D eigenvalue weighted by Gasteiger charge is 2.35. The minimum atomic E-state index is -1.02. The van der Waals surface area contributed by atoms with Crippen LogP contribution in [0.4, 0.5) is 0 Å². The van der Waals surface area contributed by atoms with Crippen molar-refractivity contribution in [2.45, 2.75) is 26.7 Å². The van der Waals surface area contributed by atoms with E-state index in [2.05, 4.69) is 0 Å². The third-order valence-corrected chi connectivity index (χ3v) is 2.85. The number of benzene rings is 1. The number of phenolic OH excluding ortho intramolecular Hbond substituents is 1. The summed E-state index contributed by atoms with van der Waals surface area (Å²) in [6.45, 7) is 3.57. The summed E-state index contributed by atoms with van der Waals surface area (Å²) in [4.78, 5) is 11.9. The molecule has 1 unspecified atom stereocenters. The molecule has 2 N–H and O–H groups in total. The third kappa shape index (κ3) is 3.47. The fourth-order valence-corrected chi connectivity index (χ4v) is 1.64. The number of carbonyl (C=O) groups is 1. The van der Waals surface area contributed by atoms with Gasteiger partial charge in [-0.15, -0.1) is 0 Å². The van der Waals surface area contributed by atoms with Gasteiger partial charge < -0.3 is 14.9 Å². The van der Waals surface area contributed by atoms with Crippen LogP contribution in [0.5, 0.6) is 5.75 Å². The van der Waals surface area contributed by atoms with Crippen LogP contribution in [0.2, 0.25) is 0 Å². The van der Waals surface area contributed by atoms with Gasteiger partial charge in [0.15, 0.2) is 0 Å². The topological polar surface area (TPSA) is 66.8 Å². The van der Waals surface area contributed by atoms with Gasteiger partial charge in [-0.05, 0) is 31.4 Å². The van der Waals surface area contributed by atoms with Gasteiger partial charge in [0.25, 0.3) is 0 Å². The Hall–Kier alpha value is -1.55. The number of aromatic hydroxyl groups is 1. The highest BCUT2D eigenvalue weighted by Crippen LogP contribution is 2.28. The molecule has 0 aliphatic rings. The van der Waals surface area contributed by atoms with E-state index in [1.165, 1.54) is 0 Å². The average molecular weight is 252 g/mol. The van der Waals surface area contributed by atoms with Crippen molar-refractivity contribution in [1.82, 2.24) is 0 Å². The molecule has 100 valence electrons. The van der Waals surface area contributed by atoms with Crippen LogP contribution in [-0.2, 0) is 16.0 Å². The van der Waals surface area contributed by atoms with Gasteiger partial charge in [-0.3, -0.25) is 4.79 Å². The normalized spacial score (nSPS) is 13.9. The summed E-state index contributed by atoms with van der Waals surface area (Å²) in [5.74, 6) is -0.310. The minimum absolute atomic E-state index is 0.125. The second-order valence-electron chi connectivity index (χ2n) is 4.66. The van der Waals surface area contributed by atoms with E-state index in [9.17, 15) is 15.0 Å². The maximum absolute atomic E-state index is 11.9. The zero-order valence-electron chi connectivity index (χ0n) is 10.8. The Kier molecular flexibility index (Phi) is 5.16. The molecule has 0 saturated heterocycles. The van der Waals surface area contributed by atoms with Crippen LogP contribution in [0.25, 0.3) is 0 Å². The van der Waals surface area contributed by atoms with E-state index in [0.29, 0.717) is 12.2 Å². The molecular weight excluding hydrogens is 232 g/mol. The molecule has 1 aromatic carbocycles. The van der Waals surface area contributed by atoms with Gasteiger partial charge >= 0.3 is 5.97 Å². The van der Waals surface area contributed by atoms with Crippen LogP contribution in [0, 0.1) is 5.41 Å². The monoisotopic (exact) mass is 252 g/mol. The van der Waals surface area contributed by atoms with Crippen LogP contribution in [-0.4, -0.2) is 29.4 Å². The van der Waals surface area contributed by atoms with Gasteiger partial charge in [-0.25, -0.2) is 0 Å². The predicted molar refractivity (Wildman–Crippen MR) is 68.3 cm³/mol. The van der Waals surface area contributed by atoms with Crippen molar-refractivity contribution in [3.05, 3.63) is 29.8 Å². The summed E-state index contributed by atoms with van der Waals surface area (Å²) in [7, 11) is 0. The Labute approximate surface area is 107 Å². The second kappa shape index (κ2) is 6.40. The second-order valence-corrected chi connectivity index (χ2v) is 4.66. The van der Waals surface area contributed by atoms with Crippen LogP contribution >= 0.6 is 0 Å². The molecule has 4 nitrogen and oxygen atoms in total. The van der Waals surface area contributed by atoms with E-state index in [0.717, 1.165) is 6.42 Å². The number of rotatable bonds is 6. The lowest BCUT2D eigenvalue weighted by molar-refractivity contribution is -0.157. The standard InChI is InChI=1S/C14H20O4/c1-3-8-18-13(17)14(2,10-15)9-11-6-4-5-7-12(11)16/h4-7,15-16H,3,8-10H2,1-2H3. The van der Waals surface area contributed by atoms with Gasteiger partial charge in [0.1, 0.15) is 5.75 Å². The fraction of sp³-hybridized carbons (Fsp3) is 0.500. The van der Waals surface area contributed by atoms with Crippen molar-refractivity contribution in [3.8, 4) is 5.75 Å². The van der Waals surface area contributed by atoms with E-state index in [1.54, 1.807) is 31.2 Å². The van der Waals surface area contributed by atoms with Crippen LogP contribution in [0.15, 0.2) is 24.3 Å². The minimum Gasteiger partial charge on any atom is -0.508 e. The SMILES string of the molecule is CCCOC(=O)C(C)(CO)Cc1ccccc1O. The summed E-state index contributed by atoms with van der Waals surface area (Å²) in [6, 6.07) is 6.79. The van der Waals surface area contributed by atoms with E-state index in [-0.39, 0.29) is 18.8 Å². The number of hydrogen-bond donors (Lipinski definition) is 2. The van der Waals surface area contributed by atoms with Gasteiger partial charge in [-0.1, -0.05) is 25.1 Å². The van der Waals surface area contributed by atoms with Gasteiger partial charge in [0.2, 0.25) is 0 Å². The lowest BCUT2D eigenvalue weighted by Gasteiger charge is -2.25. The first kappa shape index (κ1) is 14.5. The van der Waals surface area contributed by atoms with E-state index in [1.807, 2.05) is 6.92 Å². The number of esters is 1. The molecule has 0 bridgehead atoms. The van der Waals surface area contributed by atoms with Crippen molar-refractivity contribution in [2.75, 3.05) is 13.2 Å². The number of ether oxygens (including phenoxy) is 1. The quantitative estimate of drug-likeness (QED) is 0.759. The molecular formula is C14H20O4. The number of hydrogen-bond acceptors (Lipinski definition) is 4. The molecule has 1 rings (SSSR count). The van der Waals surface area contributed by atoms with E-state index < -0.39 is 11.4 Å². The fourth-order valence-electron chi connectivity index (χ4n) is 1.64.